The van der Waals surface area contributed by atoms with Crippen LogP contribution in [0.5, 0.6) is 0 Å². The fourth-order valence-electron chi connectivity index (χ4n) is 10.0. The summed E-state index contributed by atoms with van der Waals surface area (Å²) in [6.07, 6.45) is 99.1. The molecule has 0 aliphatic carbocycles. The van der Waals surface area contributed by atoms with Gasteiger partial charge in [0.25, 0.3) is 0 Å². The van der Waals surface area contributed by atoms with E-state index in [1.165, 1.54) is 244 Å². The standard InChI is InChI=1S/C72H129NO3/c1-3-5-7-9-11-13-15-17-19-21-23-25-27-29-30-31-32-33-34-35-36-37-38-39-40-41-42-44-46-48-50-52-54-56-58-60-62-64-66-68-72(76)73-70(69-74)71(75)67-65-63-61-59-57-55-53-51-49-47-45-43-28-26-24-22-20-18-16-14-12-10-8-6-4-2/h5,7,11,13,17,19,23,25,29-30,49,51,57,59,65,67,70-71,74-75H,3-4,6,8-10,12,14-16,18,20-22,24,26-28,31-48,50,52-56,58,60-64,66,68-69H2,1-2H3,(H,73,76)/b7-5-,13-11-,19-17-,25-23-,30-29-,51-49+,59-57+,67-65+. The maximum Gasteiger partial charge on any atom is 0.220 e. The predicted octanol–water partition coefficient (Wildman–Crippen LogP) is 22.8. The first-order chi connectivity index (χ1) is 37.7. The van der Waals surface area contributed by atoms with E-state index in [2.05, 4.69) is 104 Å². The summed E-state index contributed by atoms with van der Waals surface area (Å²) in [6, 6.07) is -0.649. The molecule has 0 aromatic rings. The van der Waals surface area contributed by atoms with Gasteiger partial charge < -0.3 is 15.5 Å². The Labute approximate surface area is 474 Å². The van der Waals surface area contributed by atoms with Crippen molar-refractivity contribution < 1.29 is 15.0 Å². The number of hydrogen-bond acceptors (Lipinski definition) is 3. The minimum atomic E-state index is -0.874. The average molecular weight is 1060 g/mol. The third kappa shape index (κ3) is 62.2. The average Bonchev–Trinajstić information content (AvgIpc) is 3.42. The Hall–Kier alpha value is -2.69. The molecule has 0 aliphatic rings. The van der Waals surface area contributed by atoms with Crippen LogP contribution >= 0.6 is 0 Å². The molecule has 1 amide bonds. The Morgan fingerprint density at radius 2 is 0.592 bits per heavy atom. The van der Waals surface area contributed by atoms with Gasteiger partial charge in [0.15, 0.2) is 0 Å². The number of unbranched alkanes of at least 4 members (excludes halogenated alkanes) is 40. The number of aliphatic hydroxyl groups is 2. The second-order valence-corrected chi connectivity index (χ2v) is 22.5. The summed E-state index contributed by atoms with van der Waals surface area (Å²) in [4.78, 5) is 12.5. The highest BCUT2D eigenvalue weighted by Gasteiger charge is 2.18. The Morgan fingerprint density at radius 3 is 0.921 bits per heavy atom. The van der Waals surface area contributed by atoms with Crippen molar-refractivity contribution in [3.05, 3.63) is 97.2 Å². The van der Waals surface area contributed by atoms with Gasteiger partial charge in [0.2, 0.25) is 5.91 Å². The van der Waals surface area contributed by atoms with Crippen LogP contribution in [0.4, 0.5) is 0 Å². The molecule has 4 heteroatoms. The van der Waals surface area contributed by atoms with Crippen molar-refractivity contribution in [2.24, 2.45) is 0 Å². The second-order valence-electron chi connectivity index (χ2n) is 22.5. The molecule has 2 atom stereocenters. The lowest BCUT2D eigenvalue weighted by Gasteiger charge is -2.19. The molecule has 0 saturated heterocycles. The topological polar surface area (TPSA) is 69.6 Å². The van der Waals surface area contributed by atoms with Crippen LogP contribution in [0.15, 0.2) is 97.2 Å². The summed E-state index contributed by atoms with van der Waals surface area (Å²) in [5, 5.41) is 23.2. The molecule has 0 spiro atoms. The summed E-state index contributed by atoms with van der Waals surface area (Å²) in [5.74, 6) is -0.0743. The molecule has 0 aromatic carbocycles. The molecule has 4 nitrogen and oxygen atoms in total. The fourth-order valence-corrected chi connectivity index (χ4v) is 10.0. The largest absolute Gasteiger partial charge is 0.394 e. The maximum atomic E-state index is 12.5. The fraction of sp³-hybridized carbons (Fsp3) is 0.764. The SMILES string of the molecule is CC/C=C\C/C=C\C/C=C\C/C=C\C/C=C\CCCCCCCCCCCCCCCCCCCCCCCCCC(=O)NC(CO)C(O)/C=C/CC/C=C/CC/C=C/CCCCCCCCCCCCCCCCC. The zero-order valence-electron chi connectivity index (χ0n) is 50.8. The number of rotatable bonds is 61. The Balaban J connectivity index is 3.49. The van der Waals surface area contributed by atoms with Crippen LogP contribution < -0.4 is 5.32 Å². The zero-order chi connectivity index (χ0) is 54.8. The summed E-state index contributed by atoms with van der Waals surface area (Å²) < 4.78 is 0. The normalized spacial score (nSPS) is 13.4. The number of hydrogen-bond donors (Lipinski definition) is 3. The summed E-state index contributed by atoms with van der Waals surface area (Å²) >= 11 is 0. The first-order valence-electron chi connectivity index (χ1n) is 33.5. The smallest absolute Gasteiger partial charge is 0.220 e. The van der Waals surface area contributed by atoms with Gasteiger partial charge in [-0.3, -0.25) is 4.79 Å². The molecule has 2 unspecified atom stereocenters. The first-order valence-corrected chi connectivity index (χ1v) is 33.5. The Kier molecular flexibility index (Phi) is 64.2. The van der Waals surface area contributed by atoms with Crippen molar-refractivity contribution in [2.45, 2.75) is 347 Å². The highest BCUT2D eigenvalue weighted by molar-refractivity contribution is 5.76. The number of amides is 1. The maximum absolute atomic E-state index is 12.5. The minimum absolute atomic E-state index is 0.0743. The molecule has 3 N–H and O–H groups in total. The van der Waals surface area contributed by atoms with Crippen molar-refractivity contribution in [1.82, 2.24) is 5.32 Å². The molecule has 0 rings (SSSR count). The van der Waals surface area contributed by atoms with Gasteiger partial charge in [-0.1, -0.05) is 336 Å². The van der Waals surface area contributed by atoms with E-state index >= 15 is 0 Å². The minimum Gasteiger partial charge on any atom is -0.394 e. The highest BCUT2D eigenvalue weighted by Crippen LogP contribution is 2.18. The van der Waals surface area contributed by atoms with Gasteiger partial charge in [0.1, 0.15) is 0 Å². The molecule has 0 radical (unpaired) electrons. The van der Waals surface area contributed by atoms with Crippen LogP contribution in [0.2, 0.25) is 0 Å². The van der Waals surface area contributed by atoms with Crippen LogP contribution in [0, 0.1) is 0 Å². The van der Waals surface area contributed by atoms with E-state index in [0.29, 0.717) is 6.42 Å². The molecule has 0 heterocycles. The van der Waals surface area contributed by atoms with Crippen molar-refractivity contribution in [3.8, 4) is 0 Å². The quantitative estimate of drug-likeness (QED) is 0.0420. The predicted molar refractivity (Wildman–Crippen MR) is 340 cm³/mol. The summed E-state index contributed by atoms with van der Waals surface area (Å²) in [6.45, 7) is 4.20. The van der Waals surface area contributed by atoms with Gasteiger partial charge in [0, 0.05) is 6.42 Å². The molecular formula is C72H129NO3. The van der Waals surface area contributed by atoms with Crippen molar-refractivity contribution in [3.63, 3.8) is 0 Å². The first kappa shape index (κ1) is 73.3. The van der Waals surface area contributed by atoms with Crippen LogP contribution in [0.1, 0.15) is 335 Å². The molecule has 0 fully saturated rings. The van der Waals surface area contributed by atoms with Crippen LogP contribution in [-0.2, 0) is 4.79 Å². The van der Waals surface area contributed by atoms with Gasteiger partial charge in [-0.2, -0.15) is 0 Å². The van der Waals surface area contributed by atoms with Crippen molar-refractivity contribution >= 4 is 5.91 Å². The van der Waals surface area contributed by atoms with Crippen LogP contribution in [0.25, 0.3) is 0 Å². The van der Waals surface area contributed by atoms with E-state index < -0.39 is 12.1 Å². The van der Waals surface area contributed by atoms with Gasteiger partial charge >= 0.3 is 0 Å². The molecule has 0 saturated carbocycles. The number of nitrogens with one attached hydrogen (secondary N) is 1. The summed E-state index contributed by atoms with van der Waals surface area (Å²) in [7, 11) is 0. The third-order valence-electron chi connectivity index (χ3n) is 15.0. The zero-order valence-corrected chi connectivity index (χ0v) is 50.8. The lowest BCUT2D eigenvalue weighted by Crippen LogP contribution is -2.45. The Bertz CT molecular complexity index is 1380. The van der Waals surface area contributed by atoms with Gasteiger partial charge in [-0.25, -0.2) is 0 Å². The number of carbonyl (C=O) groups is 1. The molecule has 76 heavy (non-hydrogen) atoms. The lowest BCUT2D eigenvalue weighted by atomic mass is 10.0. The Morgan fingerprint density at radius 1 is 0.329 bits per heavy atom. The van der Waals surface area contributed by atoms with Crippen molar-refractivity contribution in [2.75, 3.05) is 6.61 Å². The second kappa shape index (κ2) is 66.6. The molecule has 0 aliphatic heterocycles. The van der Waals surface area contributed by atoms with E-state index in [1.807, 2.05) is 6.08 Å². The van der Waals surface area contributed by atoms with Gasteiger partial charge in [0.05, 0.1) is 18.8 Å². The number of allylic oxidation sites excluding steroid dienone is 15. The van der Waals surface area contributed by atoms with Gasteiger partial charge in [-0.05, 0) is 89.9 Å². The lowest BCUT2D eigenvalue weighted by molar-refractivity contribution is -0.123. The third-order valence-corrected chi connectivity index (χ3v) is 15.0. The van der Waals surface area contributed by atoms with E-state index in [-0.39, 0.29) is 12.5 Å². The van der Waals surface area contributed by atoms with E-state index in [9.17, 15) is 15.0 Å². The van der Waals surface area contributed by atoms with Crippen LogP contribution in [-0.4, -0.2) is 34.9 Å². The van der Waals surface area contributed by atoms with E-state index in [0.717, 1.165) is 70.6 Å². The van der Waals surface area contributed by atoms with Crippen LogP contribution in [0.3, 0.4) is 0 Å². The molecular weight excluding hydrogens is 927 g/mol. The van der Waals surface area contributed by atoms with Crippen molar-refractivity contribution in [1.29, 1.82) is 0 Å². The molecule has 440 valence electrons. The number of aliphatic hydroxyl groups excluding tert-OH is 2. The molecule has 0 bridgehead atoms. The van der Waals surface area contributed by atoms with Gasteiger partial charge in [-0.15, -0.1) is 0 Å². The van der Waals surface area contributed by atoms with E-state index in [1.54, 1.807) is 6.08 Å². The highest BCUT2D eigenvalue weighted by atomic mass is 16.3. The summed E-state index contributed by atoms with van der Waals surface area (Å²) in [5.41, 5.74) is 0. The molecule has 0 aromatic heterocycles. The van der Waals surface area contributed by atoms with E-state index in [4.69, 9.17) is 0 Å². The number of carbonyl (C=O) groups excluding carboxylic acids is 1. The monoisotopic (exact) mass is 1060 g/mol.